The summed E-state index contributed by atoms with van der Waals surface area (Å²) in [7, 11) is 0.675. The molecule has 2 aromatic carbocycles. The van der Waals surface area contributed by atoms with Gasteiger partial charge in [-0.1, -0.05) is 61.3 Å². The van der Waals surface area contributed by atoms with Gasteiger partial charge >= 0.3 is 5.97 Å². The first-order chi connectivity index (χ1) is 22.6. The maximum atomic E-state index is 12.8. The van der Waals surface area contributed by atoms with Crippen molar-refractivity contribution in [2.75, 3.05) is 31.8 Å². The molecule has 0 radical (unpaired) electrons. The molecule has 5 rings (SSSR count). The van der Waals surface area contributed by atoms with Gasteiger partial charge in [-0.3, -0.25) is 4.57 Å². The molecule has 0 atom stereocenters. The molecule has 3 heterocycles. The molecule has 0 saturated carbocycles. The molecule has 0 bridgehead atoms. The molecule has 0 amide bonds. The predicted octanol–water partition coefficient (Wildman–Crippen LogP) is 7.76. The molecule has 248 valence electrons. The number of nitrogens with zero attached hydrogens (tertiary/aromatic N) is 6. The second-order valence-electron chi connectivity index (χ2n) is 12.3. The predicted molar refractivity (Wildman–Crippen MR) is 192 cm³/mol. The Labute approximate surface area is 284 Å². The van der Waals surface area contributed by atoms with E-state index in [0.29, 0.717) is 42.2 Å². The van der Waals surface area contributed by atoms with E-state index in [-0.39, 0.29) is 6.61 Å². The number of rotatable bonds is 15. The summed E-state index contributed by atoms with van der Waals surface area (Å²) in [6.45, 7) is 12.8. The largest absolute Gasteiger partial charge is 0.494 e. The first kappa shape index (κ1) is 34.4. The Hall–Kier alpha value is -3.91. The number of ether oxygens (including phenoxy) is 3. The average Bonchev–Trinajstić information content (AvgIpc) is 3.63. The Kier molecular flexibility index (Phi) is 11.6. The summed E-state index contributed by atoms with van der Waals surface area (Å²) in [5.41, 5.74) is 2.27. The second-order valence-corrected chi connectivity index (χ2v) is 20.0. The molecule has 0 fully saturated rings. The molecule has 5 aromatic rings. The van der Waals surface area contributed by atoms with E-state index in [9.17, 15) is 4.79 Å². The number of fused-ring (bicyclic) bond motifs is 1. The number of hydrogen-bond donors (Lipinski definition) is 0. The lowest BCUT2D eigenvalue weighted by molar-refractivity contribution is 0.0519. The minimum Gasteiger partial charge on any atom is -0.494 e. The van der Waals surface area contributed by atoms with Gasteiger partial charge in [-0.2, -0.15) is 4.99 Å². The van der Waals surface area contributed by atoms with Crippen LogP contribution in [0.3, 0.4) is 0 Å². The first-order valence-electron chi connectivity index (χ1n) is 15.8. The number of carbonyl (C=O) groups excluding carboxylic acids is 1. The van der Waals surface area contributed by atoms with E-state index >= 15 is 0 Å². The van der Waals surface area contributed by atoms with E-state index in [0.717, 1.165) is 50.3 Å². The van der Waals surface area contributed by atoms with Gasteiger partial charge < -0.3 is 19.1 Å². The summed E-state index contributed by atoms with van der Waals surface area (Å²) in [4.78, 5) is 25.9. The zero-order chi connectivity index (χ0) is 33.4. The van der Waals surface area contributed by atoms with E-state index in [4.69, 9.17) is 19.2 Å². The van der Waals surface area contributed by atoms with Crippen molar-refractivity contribution in [2.45, 2.75) is 59.1 Å². The molecule has 47 heavy (non-hydrogen) atoms. The fourth-order valence-electron chi connectivity index (χ4n) is 4.64. The van der Waals surface area contributed by atoms with Crippen LogP contribution in [0.4, 0.5) is 16.8 Å². The van der Waals surface area contributed by atoms with Crippen molar-refractivity contribution in [1.82, 2.24) is 19.7 Å². The number of aromatic nitrogens is 4. The maximum absolute atomic E-state index is 12.8. The van der Waals surface area contributed by atoms with Gasteiger partial charge in [0.15, 0.2) is 27.3 Å². The third-order valence-corrected chi connectivity index (χ3v) is 11.3. The van der Waals surface area contributed by atoms with Gasteiger partial charge in [0, 0.05) is 26.6 Å². The molecule has 3 aromatic heterocycles. The lowest BCUT2D eigenvalue weighted by Crippen LogP contribution is -2.23. The number of para-hydroxylation sites is 2. The number of hydrogen-bond acceptors (Lipinski definition) is 11. The average molecular weight is 691 g/mol. The second kappa shape index (κ2) is 15.8. The van der Waals surface area contributed by atoms with Gasteiger partial charge in [0.25, 0.3) is 0 Å². The Morgan fingerprint density at radius 3 is 2.53 bits per heavy atom. The number of benzene rings is 2. The Morgan fingerprint density at radius 1 is 1.02 bits per heavy atom. The zero-order valence-corrected chi connectivity index (χ0v) is 30.5. The number of thiazole rings is 2. The first-order valence-corrected chi connectivity index (χ1v) is 21.1. The van der Waals surface area contributed by atoms with Gasteiger partial charge in [-0.05, 0) is 68.6 Å². The summed E-state index contributed by atoms with van der Waals surface area (Å²) in [5, 5.41) is 9.65. The highest BCUT2D eigenvalue weighted by Crippen LogP contribution is 2.32. The number of anilines is 2. The summed E-state index contributed by atoms with van der Waals surface area (Å²) in [6, 6.07) is 21.0. The Morgan fingerprint density at radius 2 is 1.79 bits per heavy atom. The number of aryl methyl sites for hydroxylation is 2. The van der Waals surface area contributed by atoms with E-state index in [1.54, 1.807) is 18.3 Å². The minimum absolute atomic E-state index is 0.276. The van der Waals surface area contributed by atoms with Gasteiger partial charge in [-0.15, -0.1) is 21.5 Å². The fraction of sp³-hybridized carbons (Fsp3) is 0.382. The van der Waals surface area contributed by atoms with Crippen LogP contribution in [-0.4, -0.2) is 60.7 Å². The molecular weight excluding hydrogens is 649 g/mol. The van der Waals surface area contributed by atoms with Crippen molar-refractivity contribution in [3.8, 4) is 5.75 Å². The summed E-state index contributed by atoms with van der Waals surface area (Å²) >= 11 is 3.05. The summed E-state index contributed by atoms with van der Waals surface area (Å²) < 4.78 is 20.5. The van der Waals surface area contributed by atoms with Crippen LogP contribution in [0.5, 0.6) is 5.75 Å². The minimum atomic E-state index is -1.19. The summed E-state index contributed by atoms with van der Waals surface area (Å²) in [6.07, 6.45) is 1.36. The SMILES string of the molecule is CCOC(=O)c1nc(N(C)c2cc(C)c(/N=c3\sc4ccccc4n3COCC[Si](C)(C)C)nn2)sc1CCCOc1ccccc1. The Balaban J connectivity index is 1.35. The normalized spacial score (nSPS) is 12.1. The monoisotopic (exact) mass is 690 g/mol. The topological polar surface area (TPSA) is 104 Å². The molecule has 13 heteroatoms. The van der Waals surface area contributed by atoms with Crippen molar-refractivity contribution >= 4 is 63.7 Å². The lowest BCUT2D eigenvalue weighted by Gasteiger charge is -2.16. The van der Waals surface area contributed by atoms with Crippen LogP contribution in [0.15, 0.2) is 65.7 Å². The van der Waals surface area contributed by atoms with Gasteiger partial charge in [0.2, 0.25) is 0 Å². The van der Waals surface area contributed by atoms with Crippen molar-refractivity contribution < 1.29 is 19.0 Å². The van der Waals surface area contributed by atoms with E-state index in [2.05, 4.69) is 51.5 Å². The highest BCUT2D eigenvalue weighted by atomic mass is 32.1. The van der Waals surface area contributed by atoms with Crippen molar-refractivity contribution in [2.24, 2.45) is 4.99 Å². The van der Waals surface area contributed by atoms with Crippen molar-refractivity contribution in [3.05, 3.63) is 81.6 Å². The van der Waals surface area contributed by atoms with E-state index in [1.165, 1.54) is 11.3 Å². The van der Waals surface area contributed by atoms with Crippen LogP contribution >= 0.6 is 22.7 Å². The third kappa shape index (κ3) is 9.13. The fourth-order valence-corrected chi connectivity index (χ4v) is 7.48. The molecular formula is C34H42N6O4S2Si. The molecule has 0 aliphatic heterocycles. The molecule has 0 N–H and O–H groups in total. The van der Waals surface area contributed by atoms with Crippen molar-refractivity contribution in [3.63, 3.8) is 0 Å². The highest BCUT2D eigenvalue weighted by molar-refractivity contribution is 7.16. The number of carbonyl (C=O) groups is 1. The lowest BCUT2D eigenvalue weighted by atomic mass is 10.2. The third-order valence-electron chi connectivity index (χ3n) is 7.30. The van der Waals surface area contributed by atoms with Crippen LogP contribution in [0.2, 0.25) is 25.7 Å². The van der Waals surface area contributed by atoms with Crippen LogP contribution in [0, 0.1) is 6.92 Å². The smallest absolute Gasteiger partial charge is 0.358 e. The van der Waals surface area contributed by atoms with Crippen molar-refractivity contribution in [1.29, 1.82) is 0 Å². The van der Waals surface area contributed by atoms with Crippen LogP contribution in [0.25, 0.3) is 10.2 Å². The van der Waals surface area contributed by atoms with Gasteiger partial charge in [0.1, 0.15) is 12.5 Å². The molecule has 0 aliphatic rings. The van der Waals surface area contributed by atoms with Crippen LogP contribution in [0.1, 0.15) is 34.3 Å². The maximum Gasteiger partial charge on any atom is 0.358 e. The quantitative estimate of drug-likeness (QED) is 0.0624. The molecule has 0 unspecified atom stereocenters. The van der Waals surface area contributed by atoms with Gasteiger partial charge in [0.05, 0.1) is 23.4 Å². The molecule has 0 spiro atoms. The molecule has 10 nitrogen and oxygen atoms in total. The standard InChI is InChI=1S/C34H42N6O4S2Si/c1-7-43-32(41)30-28(18-13-19-44-25-14-9-8-10-15-25)46-33(35-30)39(3)29-22-24(2)31(38-37-29)36-34-40(23-42-20-21-47(4,5)6)26-16-11-12-17-27(26)45-34/h8-12,14-17,22H,7,13,18-21,23H2,1-6H3/b36-34-. The molecule has 0 aliphatic carbocycles. The summed E-state index contributed by atoms with van der Waals surface area (Å²) in [5.74, 6) is 1.53. The Bertz CT molecular complexity index is 1870. The van der Waals surface area contributed by atoms with Crippen LogP contribution in [-0.2, 0) is 22.6 Å². The van der Waals surface area contributed by atoms with Gasteiger partial charge in [-0.25, -0.2) is 9.78 Å². The van der Waals surface area contributed by atoms with E-state index < -0.39 is 14.0 Å². The van der Waals surface area contributed by atoms with Crippen LogP contribution < -0.4 is 14.4 Å². The number of esters is 1. The molecule has 0 saturated heterocycles. The zero-order valence-electron chi connectivity index (χ0n) is 27.9. The van der Waals surface area contributed by atoms with E-state index in [1.807, 2.05) is 67.4 Å². The highest BCUT2D eigenvalue weighted by Gasteiger charge is 2.22.